The number of para-hydroxylation sites is 1. The summed E-state index contributed by atoms with van der Waals surface area (Å²) >= 11 is 1.44. The van der Waals surface area contributed by atoms with E-state index in [1.807, 2.05) is 30.3 Å². The Bertz CT molecular complexity index is 806. The van der Waals surface area contributed by atoms with Gasteiger partial charge < -0.3 is 4.90 Å². The first-order chi connectivity index (χ1) is 11.3. The van der Waals surface area contributed by atoms with Gasteiger partial charge in [0.25, 0.3) is 5.91 Å². The topological polar surface area (TPSA) is 71.0 Å². The largest absolute Gasteiger partial charge is 0.355 e. The molecule has 7 heteroatoms. The third-order valence-corrected chi connectivity index (χ3v) is 4.78. The summed E-state index contributed by atoms with van der Waals surface area (Å²) in [5.41, 5.74) is 1.18. The van der Waals surface area contributed by atoms with Crippen LogP contribution in [0.1, 0.15) is 23.3 Å². The van der Waals surface area contributed by atoms with Gasteiger partial charge in [0, 0.05) is 13.1 Å². The fourth-order valence-corrected chi connectivity index (χ4v) is 3.51. The van der Waals surface area contributed by atoms with Gasteiger partial charge in [-0.1, -0.05) is 23.5 Å². The second kappa shape index (κ2) is 5.92. The molecule has 2 aromatic heterocycles. The molecule has 0 bridgehead atoms. The molecule has 1 amide bonds. The zero-order valence-corrected chi connectivity index (χ0v) is 13.2. The van der Waals surface area contributed by atoms with Crippen molar-refractivity contribution in [3.63, 3.8) is 0 Å². The van der Waals surface area contributed by atoms with Gasteiger partial charge in [-0.2, -0.15) is 0 Å². The molecule has 3 aromatic rings. The number of anilines is 2. The first-order valence-electron chi connectivity index (χ1n) is 7.55. The summed E-state index contributed by atoms with van der Waals surface area (Å²) in [4.78, 5) is 18.8. The van der Waals surface area contributed by atoms with E-state index in [1.54, 1.807) is 6.07 Å². The summed E-state index contributed by atoms with van der Waals surface area (Å²) in [7, 11) is 0. The molecule has 0 aliphatic carbocycles. The van der Waals surface area contributed by atoms with Gasteiger partial charge in [0.1, 0.15) is 0 Å². The van der Waals surface area contributed by atoms with Gasteiger partial charge in [0.05, 0.1) is 10.2 Å². The maximum absolute atomic E-state index is 12.3. The zero-order chi connectivity index (χ0) is 15.6. The summed E-state index contributed by atoms with van der Waals surface area (Å²) in [5, 5.41) is 11.6. The van der Waals surface area contributed by atoms with Crippen LogP contribution >= 0.6 is 11.3 Å². The highest BCUT2D eigenvalue weighted by molar-refractivity contribution is 7.22. The summed E-state index contributed by atoms with van der Waals surface area (Å²) in [5.74, 6) is 0.545. The lowest BCUT2D eigenvalue weighted by atomic mass is 10.3. The average Bonchev–Trinajstić information content (AvgIpc) is 3.24. The molecule has 1 N–H and O–H groups in total. The van der Waals surface area contributed by atoms with E-state index in [9.17, 15) is 4.79 Å². The van der Waals surface area contributed by atoms with Crippen LogP contribution in [0.2, 0.25) is 0 Å². The molecule has 23 heavy (non-hydrogen) atoms. The quantitative estimate of drug-likeness (QED) is 0.801. The zero-order valence-electron chi connectivity index (χ0n) is 12.4. The summed E-state index contributed by atoms with van der Waals surface area (Å²) in [6.07, 6.45) is 2.36. The number of hydrogen-bond acceptors (Lipinski definition) is 6. The molecule has 0 atom stereocenters. The normalized spacial score (nSPS) is 14.3. The molecule has 1 aliphatic rings. The second-order valence-electron chi connectivity index (χ2n) is 5.41. The molecule has 0 saturated carbocycles. The number of aromatic nitrogens is 3. The Morgan fingerprint density at radius 1 is 1.09 bits per heavy atom. The van der Waals surface area contributed by atoms with Crippen molar-refractivity contribution < 1.29 is 4.79 Å². The van der Waals surface area contributed by atoms with E-state index in [2.05, 4.69) is 25.4 Å². The molecular weight excluding hydrogens is 310 g/mol. The molecule has 116 valence electrons. The Labute approximate surface area is 137 Å². The van der Waals surface area contributed by atoms with Crippen molar-refractivity contribution in [1.29, 1.82) is 0 Å². The van der Waals surface area contributed by atoms with Crippen LogP contribution in [0.15, 0.2) is 36.4 Å². The first-order valence-corrected chi connectivity index (χ1v) is 8.37. The van der Waals surface area contributed by atoms with Gasteiger partial charge in [-0.25, -0.2) is 4.98 Å². The van der Waals surface area contributed by atoms with Crippen molar-refractivity contribution in [3.05, 3.63) is 42.1 Å². The molecule has 0 unspecified atom stereocenters. The Hall–Kier alpha value is -2.54. The number of rotatable bonds is 3. The maximum Gasteiger partial charge on any atom is 0.277 e. The number of carbonyl (C=O) groups is 1. The predicted octanol–water partition coefficient (Wildman–Crippen LogP) is 2.94. The predicted molar refractivity (Wildman–Crippen MR) is 91.1 cm³/mol. The molecule has 6 nitrogen and oxygen atoms in total. The monoisotopic (exact) mass is 325 g/mol. The lowest BCUT2D eigenvalue weighted by Gasteiger charge is -2.14. The van der Waals surface area contributed by atoms with E-state index in [0.29, 0.717) is 10.8 Å². The van der Waals surface area contributed by atoms with Crippen LogP contribution in [-0.4, -0.2) is 34.2 Å². The summed E-state index contributed by atoms with van der Waals surface area (Å²) < 4.78 is 1.04. The van der Waals surface area contributed by atoms with Crippen molar-refractivity contribution in [2.75, 3.05) is 23.3 Å². The van der Waals surface area contributed by atoms with Gasteiger partial charge in [0.15, 0.2) is 16.6 Å². The van der Waals surface area contributed by atoms with Crippen molar-refractivity contribution in [2.45, 2.75) is 12.8 Å². The van der Waals surface area contributed by atoms with E-state index >= 15 is 0 Å². The van der Waals surface area contributed by atoms with E-state index < -0.39 is 0 Å². The van der Waals surface area contributed by atoms with Crippen molar-refractivity contribution in [2.24, 2.45) is 0 Å². The Morgan fingerprint density at radius 3 is 2.65 bits per heavy atom. The van der Waals surface area contributed by atoms with Crippen molar-refractivity contribution >= 4 is 38.4 Å². The van der Waals surface area contributed by atoms with Crippen molar-refractivity contribution in [1.82, 2.24) is 15.2 Å². The molecule has 1 saturated heterocycles. The van der Waals surface area contributed by atoms with E-state index in [1.165, 1.54) is 24.2 Å². The molecule has 0 radical (unpaired) electrons. The number of thiazole rings is 1. The van der Waals surface area contributed by atoms with Crippen LogP contribution in [0.3, 0.4) is 0 Å². The van der Waals surface area contributed by atoms with Gasteiger partial charge in [-0.3, -0.25) is 10.1 Å². The van der Waals surface area contributed by atoms with Gasteiger partial charge in [-0.15, -0.1) is 10.2 Å². The Kier molecular flexibility index (Phi) is 3.63. The third kappa shape index (κ3) is 2.87. The third-order valence-electron chi connectivity index (χ3n) is 3.83. The summed E-state index contributed by atoms with van der Waals surface area (Å²) in [6.45, 7) is 2.01. The van der Waals surface area contributed by atoms with Gasteiger partial charge >= 0.3 is 0 Å². The standard InChI is InChI=1S/C16H15N5OS/c22-15(18-16-17-11-5-1-2-6-13(11)23-16)12-7-8-14(20-19-12)21-9-3-4-10-21/h1-2,5-8H,3-4,9-10H2,(H,17,18,22). The highest BCUT2D eigenvalue weighted by Crippen LogP contribution is 2.25. The second-order valence-corrected chi connectivity index (χ2v) is 6.44. The number of benzene rings is 1. The number of hydrogen-bond donors (Lipinski definition) is 1. The molecule has 0 spiro atoms. The fourth-order valence-electron chi connectivity index (χ4n) is 2.65. The number of fused-ring (bicyclic) bond motifs is 1. The molecule has 1 aromatic carbocycles. The van der Waals surface area contributed by atoms with Crippen molar-refractivity contribution in [3.8, 4) is 0 Å². The smallest absolute Gasteiger partial charge is 0.277 e. The summed E-state index contributed by atoms with van der Waals surface area (Å²) in [6, 6.07) is 11.3. The van der Waals surface area contributed by atoms with Gasteiger partial charge in [-0.05, 0) is 37.1 Å². The minimum Gasteiger partial charge on any atom is -0.355 e. The first kappa shape index (κ1) is 14.1. The van der Waals surface area contributed by atoms with Crippen LogP contribution < -0.4 is 10.2 Å². The van der Waals surface area contributed by atoms with Crippen LogP contribution in [0.5, 0.6) is 0 Å². The minimum absolute atomic E-state index is 0.287. The Morgan fingerprint density at radius 2 is 1.91 bits per heavy atom. The number of amides is 1. The number of nitrogens with one attached hydrogen (secondary N) is 1. The van der Waals surface area contributed by atoms with Crippen LogP contribution in [0, 0.1) is 0 Å². The highest BCUT2D eigenvalue weighted by atomic mass is 32.1. The fraction of sp³-hybridized carbons (Fsp3) is 0.250. The molecule has 1 aliphatic heterocycles. The molecule has 4 rings (SSSR count). The van der Waals surface area contributed by atoms with Gasteiger partial charge in [0.2, 0.25) is 0 Å². The van der Waals surface area contributed by atoms with Crippen LogP contribution in [0.25, 0.3) is 10.2 Å². The maximum atomic E-state index is 12.3. The molecule has 1 fully saturated rings. The van der Waals surface area contributed by atoms with E-state index in [-0.39, 0.29) is 5.91 Å². The average molecular weight is 325 g/mol. The van der Waals surface area contributed by atoms with Crippen LogP contribution in [-0.2, 0) is 0 Å². The Balaban J connectivity index is 1.49. The van der Waals surface area contributed by atoms with E-state index in [4.69, 9.17) is 0 Å². The van der Waals surface area contributed by atoms with Crippen LogP contribution in [0.4, 0.5) is 10.9 Å². The lowest BCUT2D eigenvalue weighted by molar-refractivity contribution is 0.102. The highest BCUT2D eigenvalue weighted by Gasteiger charge is 2.16. The number of carbonyl (C=O) groups excluding carboxylic acids is 1. The van der Waals surface area contributed by atoms with E-state index in [0.717, 1.165) is 29.1 Å². The molecule has 3 heterocycles. The minimum atomic E-state index is -0.287. The molecular formula is C16H15N5OS. The lowest BCUT2D eigenvalue weighted by Crippen LogP contribution is -2.20. The number of nitrogens with zero attached hydrogens (tertiary/aromatic N) is 4. The SMILES string of the molecule is O=C(Nc1nc2ccccc2s1)c1ccc(N2CCCC2)nn1.